The van der Waals surface area contributed by atoms with Crippen LogP contribution in [0.15, 0.2) is 41.3 Å². The van der Waals surface area contributed by atoms with E-state index in [1.165, 1.54) is 33.3 Å². The largest absolute Gasteiger partial charge is 0.496 e. The van der Waals surface area contributed by atoms with Gasteiger partial charge in [0.05, 0.1) is 22.1 Å². The number of aryl methyl sites for hydroxylation is 1. The van der Waals surface area contributed by atoms with Crippen molar-refractivity contribution >= 4 is 44.8 Å². The SMILES string of the molecule is COc1ccc(S(=O)(=O)N(C)C)cc1CCC(=O)Nc1ccc(Cl)c(Cl)c1. The van der Waals surface area contributed by atoms with Gasteiger partial charge in [-0.05, 0) is 48.4 Å². The van der Waals surface area contributed by atoms with E-state index in [9.17, 15) is 13.2 Å². The molecule has 27 heavy (non-hydrogen) atoms. The van der Waals surface area contributed by atoms with Crippen molar-refractivity contribution in [3.05, 3.63) is 52.0 Å². The van der Waals surface area contributed by atoms with E-state index in [-0.39, 0.29) is 17.2 Å². The summed E-state index contributed by atoms with van der Waals surface area (Å²) in [5.74, 6) is 0.284. The zero-order valence-electron chi connectivity index (χ0n) is 15.1. The minimum Gasteiger partial charge on any atom is -0.496 e. The number of benzene rings is 2. The van der Waals surface area contributed by atoms with Crippen LogP contribution in [0.1, 0.15) is 12.0 Å². The summed E-state index contributed by atoms with van der Waals surface area (Å²) in [7, 11) is 0.849. The minimum absolute atomic E-state index is 0.141. The van der Waals surface area contributed by atoms with Gasteiger partial charge in [-0.2, -0.15) is 0 Å². The van der Waals surface area contributed by atoms with E-state index in [2.05, 4.69) is 5.32 Å². The number of hydrogen-bond acceptors (Lipinski definition) is 4. The molecule has 0 saturated carbocycles. The predicted octanol–water partition coefficient (Wildman–Crippen LogP) is 3.82. The molecular weight excluding hydrogens is 411 g/mol. The maximum Gasteiger partial charge on any atom is 0.242 e. The first kappa shape index (κ1) is 21.5. The lowest BCUT2D eigenvalue weighted by Gasteiger charge is -2.14. The molecule has 0 fully saturated rings. The van der Waals surface area contributed by atoms with E-state index in [4.69, 9.17) is 27.9 Å². The van der Waals surface area contributed by atoms with E-state index in [1.807, 2.05) is 0 Å². The summed E-state index contributed by atoms with van der Waals surface area (Å²) in [5, 5.41) is 3.48. The maximum atomic E-state index is 12.3. The van der Waals surface area contributed by atoms with Gasteiger partial charge < -0.3 is 10.1 Å². The molecule has 146 valence electrons. The second-order valence-corrected chi connectivity index (χ2v) is 8.90. The van der Waals surface area contributed by atoms with Crippen LogP contribution in [0.25, 0.3) is 0 Å². The Bertz CT molecular complexity index is 946. The number of halogens is 2. The van der Waals surface area contributed by atoms with E-state index >= 15 is 0 Å². The molecule has 0 radical (unpaired) electrons. The average Bonchev–Trinajstić information content (AvgIpc) is 2.62. The van der Waals surface area contributed by atoms with Crippen LogP contribution in [0.2, 0.25) is 10.0 Å². The number of methoxy groups -OCH3 is 1. The number of anilines is 1. The van der Waals surface area contributed by atoms with Gasteiger partial charge in [-0.25, -0.2) is 12.7 Å². The third kappa shape index (κ3) is 5.35. The van der Waals surface area contributed by atoms with Gasteiger partial charge in [0, 0.05) is 26.2 Å². The fraction of sp³-hybridized carbons (Fsp3) is 0.278. The average molecular weight is 431 g/mol. The van der Waals surface area contributed by atoms with Crippen LogP contribution in [0.4, 0.5) is 5.69 Å². The van der Waals surface area contributed by atoms with Gasteiger partial charge in [-0.1, -0.05) is 23.2 Å². The van der Waals surface area contributed by atoms with Crippen molar-refractivity contribution in [1.82, 2.24) is 4.31 Å². The lowest BCUT2D eigenvalue weighted by molar-refractivity contribution is -0.116. The number of carbonyl (C=O) groups excluding carboxylic acids is 1. The number of ether oxygens (including phenoxy) is 1. The lowest BCUT2D eigenvalue weighted by Crippen LogP contribution is -2.22. The Kier molecular flexibility index (Phi) is 7.11. The zero-order chi connectivity index (χ0) is 20.2. The van der Waals surface area contributed by atoms with Crippen molar-refractivity contribution in [2.75, 3.05) is 26.5 Å². The summed E-state index contributed by atoms with van der Waals surface area (Å²) in [4.78, 5) is 12.4. The molecule has 0 heterocycles. The Labute approximate surface area is 169 Å². The fourth-order valence-corrected chi connectivity index (χ4v) is 3.62. The van der Waals surface area contributed by atoms with Crippen LogP contribution >= 0.6 is 23.2 Å². The molecule has 1 N–H and O–H groups in total. The molecule has 0 atom stereocenters. The molecule has 0 spiro atoms. The van der Waals surface area contributed by atoms with Gasteiger partial charge >= 0.3 is 0 Å². The van der Waals surface area contributed by atoms with Gasteiger partial charge in [0.15, 0.2) is 0 Å². The Balaban J connectivity index is 2.13. The number of nitrogens with one attached hydrogen (secondary N) is 1. The Morgan fingerprint density at radius 2 is 1.81 bits per heavy atom. The summed E-state index contributed by atoms with van der Waals surface area (Å²) in [6, 6.07) is 9.40. The van der Waals surface area contributed by atoms with E-state index in [0.717, 1.165) is 4.31 Å². The maximum absolute atomic E-state index is 12.3. The molecule has 0 aromatic heterocycles. The molecule has 1 amide bonds. The van der Waals surface area contributed by atoms with Crippen molar-refractivity contribution in [1.29, 1.82) is 0 Å². The molecular formula is C18H20Cl2N2O4S. The number of carbonyl (C=O) groups is 1. The highest BCUT2D eigenvalue weighted by Gasteiger charge is 2.19. The summed E-state index contributed by atoms with van der Waals surface area (Å²) >= 11 is 11.8. The van der Waals surface area contributed by atoms with Crippen LogP contribution in [0.3, 0.4) is 0 Å². The molecule has 2 aromatic rings. The van der Waals surface area contributed by atoms with E-state index in [0.29, 0.717) is 33.5 Å². The molecule has 0 saturated heterocycles. The van der Waals surface area contributed by atoms with Crippen LogP contribution in [0, 0.1) is 0 Å². The molecule has 0 bridgehead atoms. The van der Waals surface area contributed by atoms with Gasteiger partial charge in [0.1, 0.15) is 5.75 Å². The second-order valence-electron chi connectivity index (χ2n) is 5.94. The van der Waals surface area contributed by atoms with Crippen molar-refractivity contribution in [3.63, 3.8) is 0 Å². The van der Waals surface area contributed by atoms with Crippen LogP contribution in [-0.4, -0.2) is 39.8 Å². The standard InChI is InChI=1S/C18H20Cl2N2O4S/c1-22(2)27(24,25)14-6-8-17(26-3)12(10-14)4-9-18(23)21-13-5-7-15(19)16(20)11-13/h5-8,10-11H,4,9H2,1-3H3,(H,21,23). The molecule has 6 nitrogen and oxygen atoms in total. The van der Waals surface area contributed by atoms with Crippen LogP contribution in [0.5, 0.6) is 5.75 Å². The number of hydrogen-bond donors (Lipinski definition) is 1. The number of sulfonamides is 1. The second kappa shape index (κ2) is 8.93. The highest BCUT2D eigenvalue weighted by atomic mass is 35.5. The summed E-state index contributed by atoms with van der Waals surface area (Å²) in [5.41, 5.74) is 1.16. The third-order valence-corrected chi connectivity index (χ3v) is 6.41. The van der Waals surface area contributed by atoms with E-state index in [1.54, 1.807) is 24.3 Å². The number of nitrogens with zero attached hydrogens (tertiary/aromatic N) is 1. The molecule has 0 aliphatic heterocycles. The van der Waals surface area contributed by atoms with Gasteiger partial charge in [0.25, 0.3) is 0 Å². The third-order valence-electron chi connectivity index (χ3n) is 3.86. The van der Waals surface area contributed by atoms with Gasteiger partial charge in [-0.3, -0.25) is 4.79 Å². The molecule has 0 aliphatic rings. The van der Waals surface area contributed by atoms with Crippen LogP contribution < -0.4 is 10.1 Å². The first-order valence-electron chi connectivity index (χ1n) is 7.99. The minimum atomic E-state index is -3.57. The lowest BCUT2D eigenvalue weighted by atomic mass is 10.1. The summed E-state index contributed by atoms with van der Waals surface area (Å²) in [6.07, 6.45) is 0.454. The molecule has 9 heteroatoms. The summed E-state index contributed by atoms with van der Waals surface area (Å²) in [6.45, 7) is 0. The van der Waals surface area contributed by atoms with Crippen molar-refractivity contribution in [3.8, 4) is 5.75 Å². The molecule has 0 aliphatic carbocycles. The van der Waals surface area contributed by atoms with Crippen LogP contribution in [-0.2, 0) is 21.2 Å². The fourth-order valence-electron chi connectivity index (χ4n) is 2.37. The smallest absolute Gasteiger partial charge is 0.242 e. The first-order chi connectivity index (χ1) is 12.6. The summed E-state index contributed by atoms with van der Waals surface area (Å²) < 4.78 is 31.0. The predicted molar refractivity (Wildman–Crippen MR) is 107 cm³/mol. The van der Waals surface area contributed by atoms with Crippen molar-refractivity contribution in [2.45, 2.75) is 17.7 Å². The quantitative estimate of drug-likeness (QED) is 0.723. The highest BCUT2D eigenvalue weighted by molar-refractivity contribution is 7.89. The molecule has 0 unspecified atom stereocenters. The normalized spacial score (nSPS) is 11.5. The van der Waals surface area contributed by atoms with Crippen molar-refractivity contribution in [2.24, 2.45) is 0 Å². The van der Waals surface area contributed by atoms with Gasteiger partial charge in [0.2, 0.25) is 15.9 Å². The Hall–Kier alpha value is -1.80. The Morgan fingerprint density at radius 1 is 1.11 bits per heavy atom. The highest BCUT2D eigenvalue weighted by Crippen LogP contribution is 2.27. The molecule has 2 rings (SSSR count). The van der Waals surface area contributed by atoms with Crippen molar-refractivity contribution < 1.29 is 17.9 Å². The molecule has 2 aromatic carbocycles. The zero-order valence-corrected chi connectivity index (χ0v) is 17.5. The topological polar surface area (TPSA) is 75.7 Å². The number of amides is 1. The van der Waals surface area contributed by atoms with Gasteiger partial charge in [-0.15, -0.1) is 0 Å². The van der Waals surface area contributed by atoms with E-state index < -0.39 is 10.0 Å². The monoisotopic (exact) mass is 430 g/mol. The first-order valence-corrected chi connectivity index (χ1v) is 10.2. The number of rotatable bonds is 7. The Morgan fingerprint density at radius 3 is 2.41 bits per heavy atom.